The first-order chi connectivity index (χ1) is 30.0. The molecule has 2 saturated carbocycles. The molecule has 2 saturated heterocycles. The van der Waals surface area contributed by atoms with Crippen molar-refractivity contribution in [1.82, 2.24) is 44.0 Å². The topological polar surface area (TPSA) is 177 Å². The fourth-order valence-electron chi connectivity index (χ4n) is 9.56. The lowest BCUT2D eigenvalue weighted by Gasteiger charge is -2.39. The molecular formula is C44H53F2N11O5. The molecule has 2 aliphatic carbocycles. The lowest BCUT2D eigenvalue weighted by atomic mass is 9.85. The van der Waals surface area contributed by atoms with Crippen LogP contribution in [0.2, 0.25) is 0 Å². The summed E-state index contributed by atoms with van der Waals surface area (Å²) in [5.41, 5.74) is 2.38. The summed E-state index contributed by atoms with van der Waals surface area (Å²) in [6.07, 6.45) is 9.91. The number of halogens is 2. The van der Waals surface area contributed by atoms with Gasteiger partial charge in [0, 0.05) is 57.1 Å². The van der Waals surface area contributed by atoms with Crippen LogP contribution in [0.3, 0.4) is 0 Å². The van der Waals surface area contributed by atoms with Crippen LogP contribution in [0.1, 0.15) is 104 Å². The summed E-state index contributed by atoms with van der Waals surface area (Å²) in [7, 11) is 3.93. The Morgan fingerprint density at radius 3 is 2.53 bits per heavy atom. The zero-order valence-corrected chi connectivity index (χ0v) is 35.1. The number of hydrogen-bond acceptors (Lipinski definition) is 11. The third-order valence-electron chi connectivity index (χ3n) is 13.2. The number of piperidine rings is 2. The number of para-hydroxylation sites is 1. The van der Waals surface area contributed by atoms with Crippen molar-refractivity contribution < 1.29 is 27.6 Å². The molecular weight excluding hydrogens is 801 g/mol. The van der Waals surface area contributed by atoms with Crippen LogP contribution in [-0.4, -0.2) is 95.7 Å². The van der Waals surface area contributed by atoms with Gasteiger partial charge in [0.25, 0.3) is 12.3 Å². The van der Waals surface area contributed by atoms with Gasteiger partial charge in [-0.15, -0.1) is 0 Å². The van der Waals surface area contributed by atoms with Crippen LogP contribution in [0.4, 0.5) is 20.3 Å². The number of fused-ring (bicyclic) bond motifs is 1. The number of alkyl halides is 2. The number of aryl methyl sites for hydroxylation is 1. The maximum absolute atomic E-state index is 14.2. The molecule has 5 aromatic rings. The summed E-state index contributed by atoms with van der Waals surface area (Å²) < 4.78 is 38.8. The lowest BCUT2D eigenvalue weighted by molar-refractivity contribution is -0.135. The summed E-state index contributed by atoms with van der Waals surface area (Å²) in [6, 6.07) is 9.04. The van der Waals surface area contributed by atoms with Gasteiger partial charge in [0.2, 0.25) is 17.7 Å². The standard InChI is InChI=1S/C44H53F2N11O5/c1-53(30-15-18-55(19-16-30)23-29-4-3-5-34-39(29)54(2)44(61)57(34)35-12-13-37(58)51-42(35)60)22-27-8-10-31(11-9-27)56-24-32(38(52-56)40(45)46)49-41(59)33-25-62-43(50-33)28-14-17-47-36(20-28)48-21-26-6-7-26/h3-5,14,17,20,24-27,30-31,35,40H,6-13,15-16,18-19,21-23H2,1-2H3,(H,47,48)(H,49,59)(H,51,58,60)/t27-,31-,35?. The van der Waals surface area contributed by atoms with E-state index in [1.165, 1.54) is 29.9 Å². The quantitative estimate of drug-likeness (QED) is 0.113. The first kappa shape index (κ1) is 41.6. The van der Waals surface area contributed by atoms with Crippen LogP contribution >= 0.6 is 0 Å². The predicted molar refractivity (Wildman–Crippen MR) is 227 cm³/mol. The molecule has 16 nitrogen and oxygen atoms in total. The Hall–Kier alpha value is -5.75. The number of oxazole rings is 1. The third-order valence-corrected chi connectivity index (χ3v) is 13.2. The van der Waals surface area contributed by atoms with Crippen molar-refractivity contribution in [2.45, 2.75) is 95.3 Å². The van der Waals surface area contributed by atoms with E-state index in [0.29, 0.717) is 47.7 Å². The number of carbonyl (C=O) groups excluding carboxylic acids is 3. The number of nitrogens with one attached hydrogen (secondary N) is 3. The van der Waals surface area contributed by atoms with E-state index < -0.39 is 30.0 Å². The molecule has 1 aromatic carbocycles. The van der Waals surface area contributed by atoms with E-state index in [1.54, 1.807) is 34.6 Å². The van der Waals surface area contributed by atoms with Crippen molar-refractivity contribution in [3.63, 3.8) is 0 Å². The van der Waals surface area contributed by atoms with Gasteiger partial charge in [-0.1, -0.05) is 12.1 Å². The molecule has 9 rings (SSSR count). The first-order valence-electron chi connectivity index (χ1n) is 21.8. The second-order valence-corrected chi connectivity index (χ2v) is 17.5. The van der Waals surface area contributed by atoms with Gasteiger partial charge in [-0.3, -0.25) is 38.4 Å². The minimum absolute atomic E-state index is 0.0301. The van der Waals surface area contributed by atoms with E-state index in [2.05, 4.69) is 47.9 Å². The van der Waals surface area contributed by atoms with Gasteiger partial charge in [0.1, 0.15) is 18.1 Å². The zero-order valence-electron chi connectivity index (χ0n) is 35.1. The van der Waals surface area contributed by atoms with Gasteiger partial charge in [0.05, 0.1) is 22.8 Å². The Balaban J connectivity index is 0.760. The fourth-order valence-corrected chi connectivity index (χ4v) is 9.56. The number of anilines is 2. The summed E-state index contributed by atoms with van der Waals surface area (Å²) in [4.78, 5) is 64.6. The number of imide groups is 1. The summed E-state index contributed by atoms with van der Waals surface area (Å²) >= 11 is 0. The Morgan fingerprint density at radius 1 is 1.02 bits per heavy atom. The number of carbonyl (C=O) groups is 3. The van der Waals surface area contributed by atoms with E-state index in [4.69, 9.17) is 4.42 Å². The van der Waals surface area contributed by atoms with Crippen LogP contribution in [0.15, 0.2) is 58.2 Å². The molecule has 4 fully saturated rings. The van der Waals surface area contributed by atoms with Crippen LogP contribution in [-0.2, 0) is 23.2 Å². The highest BCUT2D eigenvalue weighted by Gasteiger charge is 2.33. The normalized spacial score (nSPS) is 21.5. The highest BCUT2D eigenvalue weighted by molar-refractivity contribution is 6.03. The monoisotopic (exact) mass is 853 g/mol. The van der Waals surface area contributed by atoms with Crippen molar-refractivity contribution in [2.75, 3.05) is 43.9 Å². The maximum atomic E-state index is 14.2. The largest absolute Gasteiger partial charge is 0.444 e. The van der Waals surface area contributed by atoms with Crippen molar-refractivity contribution in [2.24, 2.45) is 18.9 Å². The fraction of sp³-hybridized carbons (Fsp3) is 0.523. The van der Waals surface area contributed by atoms with Crippen LogP contribution in [0.5, 0.6) is 0 Å². The minimum atomic E-state index is -2.87. The Bertz CT molecular complexity index is 2510. The molecule has 6 heterocycles. The summed E-state index contributed by atoms with van der Waals surface area (Å²) in [6.45, 7) is 4.30. The number of nitrogens with zero attached hydrogens (tertiary/aromatic N) is 8. The predicted octanol–water partition coefficient (Wildman–Crippen LogP) is 5.90. The average Bonchev–Trinajstić information content (AvgIpc) is 3.67. The lowest BCUT2D eigenvalue weighted by Crippen LogP contribution is -2.44. The van der Waals surface area contributed by atoms with E-state index in [1.807, 2.05) is 18.2 Å². The molecule has 1 atom stereocenters. The number of benzene rings is 1. The number of rotatable bonds is 14. The van der Waals surface area contributed by atoms with Gasteiger partial charge < -0.3 is 20.0 Å². The highest BCUT2D eigenvalue weighted by atomic mass is 19.3. The molecule has 2 aliphatic heterocycles. The SMILES string of the molecule is CN(C[C@H]1CC[C@H](n2cc(NC(=O)c3coc(-c4ccnc(NCC5CC5)c4)n3)c(C(F)F)n2)CC1)C1CCN(Cc2cccc3c2n(C)c(=O)n3C2CCC(=O)NC2=O)CC1. The van der Waals surface area contributed by atoms with Gasteiger partial charge >= 0.3 is 5.69 Å². The van der Waals surface area contributed by atoms with Gasteiger partial charge in [-0.2, -0.15) is 5.10 Å². The second-order valence-electron chi connectivity index (χ2n) is 17.5. The summed E-state index contributed by atoms with van der Waals surface area (Å²) in [5.74, 6) is 0.642. The molecule has 3 amide bonds. The average molecular weight is 854 g/mol. The van der Waals surface area contributed by atoms with Crippen molar-refractivity contribution in [3.05, 3.63) is 76.4 Å². The van der Waals surface area contributed by atoms with E-state index in [0.717, 1.165) is 75.8 Å². The molecule has 18 heteroatoms. The van der Waals surface area contributed by atoms with Gasteiger partial charge in [0.15, 0.2) is 11.4 Å². The van der Waals surface area contributed by atoms with Crippen LogP contribution < -0.4 is 21.6 Å². The molecule has 0 spiro atoms. The molecule has 4 aromatic heterocycles. The minimum Gasteiger partial charge on any atom is -0.444 e. The van der Waals surface area contributed by atoms with Gasteiger partial charge in [-0.05, 0) is 114 Å². The van der Waals surface area contributed by atoms with Crippen LogP contribution in [0, 0.1) is 11.8 Å². The Labute approximate surface area is 357 Å². The Morgan fingerprint density at radius 2 is 1.79 bits per heavy atom. The molecule has 0 radical (unpaired) electrons. The van der Waals surface area contributed by atoms with E-state index in [-0.39, 0.29) is 41.3 Å². The van der Waals surface area contributed by atoms with Crippen molar-refractivity contribution in [1.29, 1.82) is 0 Å². The van der Waals surface area contributed by atoms with Gasteiger partial charge in [-0.25, -0.2) is 23.5 Å². The first-order valence-corrected chi connectivity index (χ1v) is 21.8. The molecule has 62 heavy (non-hydrogen) atoms. The van der Waals surface area contributed by atoms with Crippen molar-refractivity contribution >= 4 is 40.3 Å². The van der Waals surface area contributed by atoms with Crippen LogP contribution in [0.25, 0.3) is 22.5 Å². The number of aromatic nitrogens is 6. The smallest absolute Gasteiger partial charge is 0.329 e. The molecule has 1 unspecified atom stereocenters. The zero-order chi connectivity index (χ0) is 43.1. The second kappa shape index (κ2) is 17.6. The number of imidazole rings is 1. The molecule has 4 aliphatic rings. The third kappa shape index (κ3) is 8.80. The van der Waals surface area contributed by atoms with Crippen molar-refractivity contribution in [3.8, 4) is 11.5 Å². The number of amides is 3. The highest BCUT2D eigenvalue weighted by Crippen LogP contribution is 2.36. The summed E-state index contributed by atoms with van der Waals surface area (Å²) in [5, 5.41) is 12.6. The molecule has 3 N–H and O–H groups in total. The van der Waals surface area contributed by atoms with E-state index >= 15 is 0 Å². The number of pyridine rings is 1. The molecule has 328 valence electrons. The maximum Gasteiger partial charge on any atom is 0.329 e. The molecule has 0 bridgehead atoms. The number of likely N-dealkylation sites (tertiary alicyclic amines) is 1. The Kier molecular flexibility index (Phi) is 11.8. The van der Waals surface area contributed by atoms with E-state index in [9.17, 15) is 28.0 Å². The number of hydrogen-bond donors (Lipinski definition) is 3.